The smallest absolute Gasteiger partial charge is 0.308 e. The maximum atomic E-state index is 12.4. The Bertz CT molecular complexity index is 1270. The van der Waals surface area contributed by atoms with Crippen LogP contribution in [0.25, 0.3) is 11.0 Å². The second-order valence-electron chi connectivity index (χ2n) is 7.38. The maximum absolute atomic E-state index is 12.4. The van der Waals surface area contributed by atoms with Crippen LogP contribution in [0.15, 0.2) is 47.4 Å². The summed E-state index contributed by atoms with van der Waals surface area (Å²) in [6.45, 7) is 2.54. The average Bonchev–Trinajstić information content (AvgIpc) is 3.14. The molecule has 176 valence electrons. The summed E-state index contributed by atoms with van der Waals surface area (Å²) in [5.41, 5.74) is 1.69. The number of carbonyl (C=O) groups is 2. The lowest BCUT2D eigenvalue weighted by atomic mass is 10.2. The fraction of sp³-hybridized carbons (Fsp3) is 0.318. The fourth-order valence-electron chi connectivity index (χ4n) is 3.19. The fourth-order valence-corrected chi connectivity index (χ4v) is 4.24. The molecule has 3 aromatic rings. The number of sulfonamides is 1. The molecule has 2 aromatic carbocycles. The first-order chi connectivity index (χ1) is 15.6. The SMILES string of the molecule is CCn1c(COC(=O)CCNC(=O)c2ccc(Cl)cc2)nc2cc(S(=O)(=O)N(C)C)ccc21. The number of imidazole rings is 1. The van der Waals surface area contributed by atoms with Crippen molar-refractivity contribution in [2.75, 3.05) is 20.6 Å². The summed E-state index contributed by atoms with van der Waals surface area (Å²) in [6, 6.07) is 11.2. The third-order valence-electron chi connectivity index (χ3n) is 4.98. The van der Waals surface area contributed by atoms with Gasteiger partial charge in [0.15, 0.2) is 0 Å². The standard InChI is InChI=1S/C22H25ClN4O5S/c1-4-27-19-10-9-17(33(30,31)26(2)3)13-18(19)25-20(27)14-32-21(28)11-12-24-22(29)15-5-7-16(23)8-6-15/h5-10,13H,4,11-12,14H2,1-3H3,(H,24,29). The molecule has 1 aromatic heterocycles. The van der Waals surface area contributed by atoms with Crippen molar-refractivity contribution in [3.8, 4) is 0 Å². The molecule has 9 nitrogen and oxygen atoms in total. The zero-order valence-electron chi connectivity index (χ0n) is 18.5. The van der Waals surface area contributed by atoms with E-state index in [2.05, 4.69) is 10.3 Å². The highest BCUT2D eigenvalue weighted by molar-refractivity contribution is 7.89. The van der Waals surface area contributed by atoms with Crippen LogP contribution in [-0.2, 0) is 32.7 Å². The number of nitrogens with zero attached hydrogens (tertiary/aromatic N) is 3. The predicted molar refractivity (Wildman–Crippen MR) is 124 cm³/mol. The Morgan fingerprint density at radius 1 is 1.15 bits per heavy atom. The van der Waals surface area contributed by atoms with Gasteiger partial charge in [-0.1, -0.05) is 11.6 Å². The van der Waals surface area contributed by atoms with E-state index in [1.54, 1.807) is 30.3 Å². The average molecular weight is 493 g/mol. The van der Waals surface area contributed by atoms with Crippen LogP contribution < -0.4 is 5.32 Å². The Hall–Kier alpha value is -2.95. The summed E-state index contributed by atoms with van der Waals surface area (Å²) in [7, 11) is -0.656. The van der Waals surface area contributed by atoms with Gasteiger partial charge in [-0.25, -0.2) is 17.7 Å². The maximum Gasteiger partial charge on any atom is 0.308 e. The van der Waals surface area contributed by atoms with Gasteiger partial charge in [0.05, 0.1) is 22.3 Å². The minimum absolute atomic E-state index is 0.00307. The number of benzene rings is 2. The molecule has 0 unspecified atom stereocenters. The number of halogens is 1. The molecule has 3 rings (SSSR count). The van der Waals surface area contributed by atoms with Crippen LogP contribution in [0.4, 0.5) is 0 Å². The molecule has 0 bridgehead atoms. The van der Waals surface area contributed by atoms with E-state index in [4.69, 9.17) is 16.3 Å². The number of aromatic nitrogens is 2. The van der Waals surface area contributed by atoms with Crippen LogP contribution in [0.5, 0.6) is 0 Å². The third-order valence-corrected chi connectivity index (χ3v) is 7.04. The topological polar surface area (TPSA) is 111 Å². The molecule has 0 saturated carbocycles. The highest BCUT2D eigenvalue weighted by Gasteiger charge is 2.20. The molecule has 0 spiro atoms. The van der Waals surface area contributed by atoms with Crippen molar-refractivity contribution in [2.24, 2.45) is 0 Å². The van der Waals surface area contributed by atoms with Gasteiger partial charge in [-0.15, -0.1) is 0 Å². The number of aryl methyl sites for hydroxylation is 1. The molecule has 1 N–H and O–H groups in total. The molecule has 0 atom stereocenters. The van der Waals surface area contributed by atoms with Gasteiger partial charge < -0.3 is 14.6 Å². The van der Waals surface area contributed by atoms with Crippen LogP contribution in [0.1, 0.15) is 29.5 Å². The van der Waals surface area contributed by atoms with E-state index >= 15 is 0 Å². The second kappa shape index (κ2) is 10.3. The van der Waals surface area contributed by atoms with Gasteiger partial charge in [0, 0.05) is 37.8 Å². The van der Waals surface area contributed by atoms with Gasteiger partial charge in [-0.2, -0.15) is 0 Å². The Balaban J connectivity index is 1.61. The van der Waals surface area contributed by atoms with E-state index in [1.807, 2.05) is 11.5 Å². The number of esters is 1. The number of nitrogens with one attached hydrogen (secondary N) is 1. The van der Waals surface area contributed by atoms with Crippen molar-refractivity contribution in [2.45, 2.75) is 31.4 Å². The minimum Gasteiger partial charge on any atom is -0.457 e. The van der Waals surface area contributed by atoms with E-state index in [-0.39, 0.29) is 30.4 Å². The molecule has 0 aliphatic carbocycles. The van der Waals surface area contributed by atoms with Crippen LogP contribution in [0, 0.1) is 0 Å². The highest BCUT2D eigenvalue weighted by atomic mass is 35.5. The van der Waals surface area contributed by atoms with E-state index < -0.39 is 16.0 Å². The van der Waals surface area contributed by atoms with Crippen LogP contribution in [0.2, 0.25) is 5.02 Å². The Kier molecular flexibility index (Phi) is 7.72. The summed E-state index contributed by atoms with van der Waals surface area (Å²) < 4.78 is 33.1. The molecular formula is C22H25ClN4O5S. The second-order valence-corrected chi connectivity index (χ2v) is 9.97. The molecule has 0 aliphatic rings. The van der Waals surface area contributed by atoms with Gasteiger partial charge in [-0.3, -0.25) is 9.59 Å². The summed E-state index contributed by atoms with van der Waals surface area (Å²) in [4.78, 5) is 28.8. The molecule has 11 heteroatoms. The number of amides is 1. The predicted octanol–water partition coefficient (Wildman–Crippen LogP) is 2.82. The molecule has 0 fully saturated rings. The van der Waals surface area contributed by atoms with Crippen LogP contribution >= 0.6 is 11.6 Å². The van der Waals surface area contributed by atoms with Gasteiger partial charge >= 0.3 is 5.97 Å². The monoisotopic (exact) mass is 492 g/mol. The minimum atomic E-state index is -3.59. The Morgan fingerprint density at radius 3 is 2.48 bits per heavy atom. The number of carbonyl (C=O) groups excluding carboxylic acids is 2. The van der Waals surface area contributed by atoms with Gasteiger partial charge in [0.1, 0.15) is 12.4 Å². The first kappa shape index (κ1) is 24.7. The number of fused-ring (bicyclic) bond motifs is 1. The van der Waals surface area contributed by atoms with Crippen molar-refractivity contribution >= 4 is 44.5 Å². The highest BCUT2D eigenvalue weighted by Crippen LogP contribution is 2.22. The lowest BCUT2D eigenvalue weighted by Crippen LogP contribution is -2.26. The first-order valence-electron chi connectivity index (χ1n) is 10.2. The molecule has 0 aliphatic heterocycles. The lowest BCUT2D eigenvalue weighted by Gasteiger charge is -2.11. The Labute approximate surface area is 197 Å². The largest absolute Gasteiger partial charge is 0.457 e. The van der Waals surface area contributed by atoms with Gasteiger partial charge in [0.2, 0.25) is 10.0 Å². The van der Waals surface area contributed by atoms with E-state index in [0.29, 0.717) is 28.5 Å². The number of rotatable bonds is 9. The van der Waals surface area contributed by atoms with Gasteiger partial charge in [0.25, 0.3) is 5.91 Å². The quantitative estimate of drug-likeness (QED) is 0.460. The molecule has 1 amide bonds. The van der Waals surface area contributed by atoms with Crippen molar-refractivity contribution < 1.29 is 22.7 Å². The molecular weight excluding hydrogens is 468 g/mol. The van der Waals surface area contributed by atoms with Gasteiger partial charge in [-0.05, 0) is 49.4 Å². The molecule has 1 heterocycles. The van der Waals surface area contributed by atoms with Crippen LogP contribution in [-0.4, -0.2) is 54.8 Å². The normalized spacial score (nSPS) is 11.7. The number of hydrogen-bond acceptors (Lipinski definition) is 6. The lowest BCUT2D eigenvalue weighted by molar-refractivity contribution is -0.145. The third kappa shape index (κ3) is 5.70. The summed E-state index contributed by atoms with van der Waals surface area (Å²) >= 11 is 5.81. The van der Waals surface area contributed by atoms with Crippen molar-refractivity contribution in [1.29, 1.82) is 0 Å². The van der Waals surface area contributed by atoms with Crippen molar-refractivity contribution in [3.05, 3.63) is 58.9 Å². The zero-order chi connectivity index (χ0) is 24.2. The zero-order valence-corrected chi connectivity index (χ0v) is 20.1. The van der Waals surface area contributed by atoms with E-state index in [1.165, 1.54) is 26.2 Å². The summed E-state index contributed by atoms with van der Waals surface area (Å²) in [6.07, 6.45) is -0.00307. The first-order valence-corrected chi connectivity index (χ1v) is 12.1. The summed E-state index contributed by atoms with van der Waals surface area (Å²) in [5.74, 6) is -0.293. The molecule has 0 saturated heterocycles. The van der Waals surface area contributed by atoms with E-state index in [0.717, 1.165) is 9.82 Å². The number of ether oxygens (including phenoxy) is 1. The van der Waals surface area contributed by atoms with Crippen molar-refractivity contribution in [3.63, 3.8) is 0 Å². The van der Waals surface area contributed by atoms with Crippen molar-refractivity contribution in [1.82, 2.24) is 19.2 Å². The summed E-state index contributed by atoms with van der Waals surface area (Å²) in [5, 5.41) is 3.19. The number of hydrogen-bond donors (Lipinski definition) is 1. The van der Waals surface area contributed by atoms with E-state index in [9.17, 15) is 18.0 Å². The molecule has 0 radical (unpaired) electrons. The molecule has 33 heavy (non-hydrogen) atoms. The Morgan fingerprint density at radius 2 is 1.85 bits per heavy atom. The van der Waals surface area contributed by atoms with Crippen LogP contribution in [0.3, 0.4) is 0 Å².